The van der Waals surface area contributed by atoms with Crippen molar-refractivity contribution in [2.24, 2.45) is 0 Å². The van der Waals surface area contributed by atoms with Crippen LogP contribution in [0.5, 0.6) is 0 Å². The molecule has 1 aliphatic heterocycles. The van der Waals surface area contributed by atoms with Crippen molar-refractivity contribution < 1.29 is 4.42 Å². The Kier molecular flexibility index (Phi) is 1.47. The van der Waals surface area contributed by atoms with Gasteiger partial charge in [-0.25, -0.2) is 4.68 Å². The molecule has 0 bridgehead atoms. The Morgan fingerprint density at radius 2 is 2.43 bits per heavy atom. The van der Waals surface area contributed by atoms with Crippen molar-refractivity contribution in [1.82, 2.24) is 20.2 Å². The van der Waals surface area contributed by atoms with Gasteiger partial charge >= 0.3 is 0 Å². The molecule has 3 rings (SSSR count). The number of aromatic nitrogens is 4. The molecule has 0 radical (unpaired) electrons. The number of furan rings is 1. The first kappa shape index (κ1) is 7.73. The van der Waals surface area contributed by atoms with E-state index in [4.69, 9.17) is 4.42 Å². The lowest BCUT2D eigenvalue weighted by atomic mass is 10.2. The zero-order valence-corrected chi connectivity index (χ0v) is 7.90. The van der Waals surface area contributed by atoms with Gasteiger partial charge in [-0.1, -0.05) is 0 Å². The average Bonchev–Trinajstić information content (AvgIpc) is 2.70. The van der Waals surface area contributed by atoms with Crippen molar-refractivity contribution in [3.05, 3.63) is 17.6 Å². The summed E-state index contributed by atoms with van der Waals surface area (Å²) < 4.78 is 7.44. The maximum absolute atomic E-state index is 5.60. The van der Waals surface area contributed by atoms with E-state index >= 15 is 0 Å². The first-order chi connectivity index (χ1) is 6.84. The van der Waals surface area contributed by atoms with E-state index in [1.54, 1.807) is 0 Å². The molecular weight excluding hydrogens is 180 g/mol. The molecule has 0 aliphatic carbocycles. The van der Waals surface area contributed by atoms with Crippen molar-refractivity contribution in [3.63, 3.8) is 0 Å². The summed E-state index contributed by atoms with van der Waals surface area (Å²) in [5.41, 5.74) is 1.05. The molecule has 0 fully saturated rings. The summed E-state index contributed by atoms with van der Waals surface area (Å²) in [6, 6.07) is 2.00. The van der Waals surface area contributed by atoms with Crippen LogP contribution in [0, 0.1) is 6.92 Å². The summed E-state index contributed by atoms with van der Waals surface area (Å²) in [7, 11) is 0. The van der Waals surface area contributed by atoms with Gasteiger partial charge in [-0.05, 0) is 29.8 Å². The number of hydrogen-bond acceptors (Lipinski definition) is 4. The van der Waals surface area contributed by atoms with Crippen molar-refractivity contribution in [2.75, 3.05) is 0 Å². The normalized spacial score (nSPS) is 14.6. The number of rotatable bonds is 0. The maximum Gasteiger partial charge on any atom is 0.185 e. The minimum absolute atomic E-state index is 0.828. The molecule has 0 saturated heterocycles. The van der Waals surface area contributed by atoms with Gasteiger partial charge in [0.1, 0.15) is 11.5 Å². The maximum atomic E-state index is 5.60. The number of aryl methyl sites for hydroxylation is 3. The summed E-state index contributed by atoms with van der Waals surface area (Å²) in [4.78, 5) is 0. The number of hydrogen-bond donors (Lipinski definition) is 0. The van der Waals surface area contributed by atoms with Gasteiger partial charge in [0.25, 0.3) is 0 Å². The van der Waals surface area contributed by atoms with Crippen molar-refractivity contribution >= 4 is 0 Å². The fourth-order valence-corrected chi connectivity index (χ4v) is 1.88. The Morgan fingerprint density at radius 1 is 1.50 bits per heavy atom. The highest BCUT2D eigenvalue weighted by molar-refractivity contribution is 5.58. The molecule has 0 amide bonds. The van der Waals surface area contributed by atoms with Gasteiger partial charge in [0.2, 0.25) is 0 Å². The molecule has 0 spiro atoms. The first-order valence-electron chi connectivity index (χ1n) is 4.70. The summed E-state index contributed by atoms with van der Waals surface area (Å²) in [5.74, 6) is 2.76. The molecule has 0 aromatic carbocycles. The van der Waals surface area contributed by atoms with Crippen molar-refractivity contribution in [3.8, 4) is 11.4 Å². The van der Waals surface area contributed by atoms with E-state index in [0.29, 0.717) is 0 Å². The molecule has 0 unspecified atom stereocenters. The monoisotopic (exact) mass is 190 g/mol. The molecule has 0 atom stereocenters. The summed E-state index contributed by atoms with van der Waals surface area (Å²) >= 11 is 0. The molecule has 72 valence electrons. The van der Waals surface area contributed by atoms with Crippen LogP contribution in [0.4, 0.5) is 0 Å². The van der Waals surface area contributed by atoms with Crippen LogP contribution in [0.25, 0.3) is 11.4 Å². The molecule has 3 heterocycles. The van der Waals surface area contributed by atoms with Gasteiger partial charge < -0.3 is 4.42 Å². The van der Waals surface area contributed by atoms with Crippen LogP contribution in [-0.4, -0.2) is 20.2 Å². The SMILES string of the molecule is Cc1cc2c(o1)CCCn1nnnc1-2. The summed E-state index contributed by atoms with van der Waals surface area (Å²) in [6.45, 7) is 2.81. The molecule has 2 aromatic heterocycles. The smallest absolute Gasteiger partial charge is 0.185 e. The molecule has 14 heavy (non-hydrogen) atoms. The van der Waals surface area contributed by atoms with Gasteiger partial charge in [0, 0.05) is 13.0 Å². The highest BCUT2D eigenvalue weighted by Gasteiger charge is 2.20. The van der Waals surface area contributed by atoms with E-state index < -0.39 is 0 Å². The lowest BCUT2D eigenvalue weighted by molar-refractivity contribution is 0.469. The Labute approximate surface area is 80.7 Å². The van der Waals surface area contributed by atoms with E-state index in [2.05, 4.69) is 15.5 Å². The third-order valence-electron chi connectivity index (χ3n) is 2.48. The highest BCUT2D eigenvalue weighted by atomic mass is 16.3. The van der Waals surface area contributed by atoms with Crippen LogP contribution in [0.2, 0.25) is 0 Å². The van der Waals surface area contributed by atoms with E-state index in [1.807, 2.05) is 17.7 Å². The zero-order chi connectivity index (χ0) is 9.54. The van der Waals surface area contributed by atoms with Gasteiger partial charge in [-0.3, -0.25) is 0 Å². The Bertz CT molecular complexity index is 471. The van der Waals surface area contributed by atoms with Gasteiger partial charge in [0.15, 0.2) is 5.82 Å². The Morgan fingerprint density at radius 3 is 3.36 bits per heavy atom. The van der Waals surface area contributed by atoms with Gasteiger partial charge in [0.05, 0.1) is 5.56 Å². The van der Waals surface area contributed by atoms with E-state index in [1.165, 1.54) is 0 Å². The van der Waals surface area contributed by atoms with E-state index in [9.17, 15) is 0 Å². The number of tetrazole rings is 1. The summed E-state index contributed by atoms with van der Waals surface area (Å²) in [5, 5.41) is 11.6. The predicted octanol–water partition coefficient (Wildman–Crippen LogP) is 1.19. The minimum atomic E-state index is 0.828. The van der Waals surface area contributed by atoms with Crippen LogP contribution < -0.4 is 0 Å². The second-order valence-electron chi connectivity index (χ2n) is 3.52. The molecule has 0 N–H and O–H groups in total. The highest BCUT2D eigenvalue weighted by Crippen LogP contribution is 2.28. The predicted molar refractivity (Wildman–Crippen MR) is 48.6 cm³/mol. The number of fused-ring (bicyclic) bond motifs is 3. The average molecular weight is 190 g/mol. The Balaban J connectivity index is 2.26. The molecular formula is C9H10N4O. The Hall–Kier alpha value is -1.65. The van der Waals surface area contributed by atoms with E-state index in [0.717, 1.165) is 42.3 Å². The van der Waals surface area contributed by atoms with Crippen molar-refractivity contribution in [1.29, 1.82) is 0 Å². The molecule has 1 aliphatic rings. The van der Waals surface area contributed by atoms with Crippen LogP contribution >= 0.6 is 0 Å². The molecule has 0 saturated carbocycles. The zero-order valence-electron chi connectivity index (χ0n) is 7.90. The molecule has 5 heteroatoms. The van der Waals surface area contributed by atoms with E-state index in [-0.39, 0.29) is 0 Å². The fourth-order valence-electron chi connectivity index (χ4n) is 1.88. The minimum Gasteiger partial charge on any atom is -0.466 e. The molecule has 5 nitrogen and oxygen atoms in total. The number of nitrogens with zero attached hydrogens (tertiary/aromatic N) is 4. The lowest BCUT2D eigenvalue weighted by Crippen LogP contribution is -2.00. The standard InChI is InChI=1S/C9H10N4O/c1-6-5-7-8(14-6)3-2-4-13-9(7)10-11-12-13/h5H,2-4H2,1H3. The fraction of sp³-hybridized carbons (Fsp3) is 0.444. The van der Waals surface area contributed by atoms with Gasteiger partial charge in [-0.2, -0.15) is 0 Å². The van der Waals surface area contributed by atoms with Crippen LogP contribution in [0.1, 0.15) is 17.9 Å². The second-order valence-corrected chi connectivity index (χ2v) is 3.52. The van der Waals surface area contributed by atoms with Crippen LogP contribution in [0.15, 0.2) is 10.5 Å². The molecule has 2 aromatic rings. The summed E-state index contributed by atoms with van der Waals surface area (Å²) in [6.07, 6.45) is 1.98. The first-order valence-corrected chi connectivity index (χ1v) is 4.70. The topological polar surface area (TPSA) is 56.7 Å². The quantitative estimate of drug-likeness (QED) is 0.626. The lowest BCUT2D eigenvalue weighted by Gasteiger charge is -1.95. The second kappa shape index (κ2) is 2.67. The third-order valence-corrected chi connectivity index (χ3v) is 2.48. The largest absolute Gasteiger partial charge is 0.466 e. The van der Waals surface area contributed by atoms with Crippen molar-refractivity contribution in [2.45, 2.75) is 26.3 Å². The van der Waals surface area contributed by atoms with Crippen LogP contribution in [-0.2, 0) is 13.0 Å². The van der Waals surface area contributed by atoms with Crippen LogP contribution in [0.3, 0.4) is 0 Å². The van der Waals surface area contributed by atoms with Gasteiger partial charge in [-0.15, -0.1) is 5.10 Å². The third kappa shape index (κ3) is 0.982.